The van der Waals surface area contributed by atoms with Gasteiger partial charge in [0.25, 0.3) is 5.91 Å². The summed E-state index contributed by atoms with van der Waals surface area (Å²) in [5.41, 5.74) is 0. The van der Waals surface area contributed by atoms with E-state index < -0.39 is 28.6 Å². The molecule has 8 nitrogen and oxygen atoms in total. The second kappa shape index (κ2) is 9.88. The van der Waals surface area contributed by atoms with Crippen LogP contribution in [0, 0.1) is 5.92 Å². The third-order valence-corrected chi connectivity index (χ3v) is 6.42. The Kier molecular flexibility index (Phi) is 7.82. The van der Waals surface area contributed by atoms with E-state index in [1.165, 1.54) is 38.3 Å². The highest BCUT2D eigenvalue weighted by Gasteiger charge is 2.25. The molecule has 1 saturated carbocycles. The van der Waals surface area contributed by atoms with Crippen molar-refractivity contribution in [1.82, 2.24) is 10.0 Å². The number of esters is 1. The Morgan fingerprint density at radius 2 is 1.82 bits per heavy atom. The van der Waals surface area contributed by atoms with Crippen LogP contribution in [0.5, 0.6) is 5.75 Å². The summed E-state index contributed by atoms with van der Waals surface area (Å²) in [5.74, 6) is -0.283. The molecule has 0 radical (unpaired) electrons. The zero-order chi connectivity index (χ0) is 20.7. The SMILES string of the molecule is COc1ccc(S(=O)(=O)N[C@@H](C)C(=O)OCC(=O)N[C@H]2CCCC[C@H]2C)cc1. The summed E-state index contributed by atoms with van der Waals surface area (Å²) in [6.45, 7) is 3.02. The third kappa shape index (κ3) is 6.20. The molecule has 0 spiro atoms. The van der Waals surface area contributed by atoms with Gasteiger partial charge in [0.1, 0.15) is 11.8 Å². The molecule has 3 atom stereocenters. The molecule has 0 aromatic heterocycles. The number of carbonyl (C=O) groups excluding carboxylic acids is 2. The maximum absolute atomic E-state index is 12.3. The van der Waals surface area contributed by atoms with Crippen LogP contribution in [0.1, 0.15) is 39.5 Å². The summed E-state index contributed by atoms with van der Waals surface area (Å²) < 4.78 is 36.9. The van der Waals surface area contributed by atoms with Gasteiger partial charge < -0.3 is 14.8 Å². The molecular formula is C19H28N2O6S. The van der Waals surface area contributed by atoms with E-state index >= 15 is 0 Å². The Morgan fingerprint density at radius 3 is 2.43 bits per heavy atom. The first-order valence-corrected chi connectivity index (χ1v) is 10.8. The molecule has 0 saturated heterocycles. The highest BCUT2D eigenvalue weighted by molar-refractivity contribution is 7.89. The lowest BCUT2D eigenvalue weighted by molar-refractivity contribution is -0.150. The van der Waals surface area contributed by atoms with Crippen LogP contribution in [0.4, 0.5) is 0 Å². The first kappa shape index (κ1) is 22.2. The van der Waals surface area contributed by atoms with E-state index in [0.717, 1.165) is 25.7 Å². The fourth-order valence-corrected chi connectivity index (χ4v) is 4.34. The van der Waals surface area contributed by atoms with Crippen LogP contribution in [0.3, 0.4) is 0 Å². The maximum Gasteiger partial charge on any atom is 0.324 e. The Hall–Kier alpha value is -2.13. The van der Waals surface area contributed by atoms with Gasteiger partial charge in [-0.15, -0.1) is 0 Å². The molecule has 0 unspecified atom stereocenters. The first-order valence-electron chi connectivity index (χ1n) is 9.35. The van der Waals surface area contributed by atoms with Crippen LogP contribution in [-0.2, 0) is 24.3 Å². The van der Waals surface area contributed by atoms with E-state index in [9.17, 15) is 18.0 Å². The molecule has 9 heteroatoms. The number of amides is 1. The van der Waals surface area contributed by atoms with Gasteiger partial charge in [-0.3, -0.25) is 9.59 Å². The van der Waals surface area contributed by atoms with Crippen molar-refractivity contribution in [2.75, 3.05) is 13.7 Å². The van der Waals surface area contributed by atoms with Gasteiger partial charge >= 0.3 is 5.97 Å². The van der Waals surface area contributed by atoms with Crippen molar-refractivity contribution < 1.29 is 27.5 Å². The minimum atomic E-state index is -3.90. The minimum Gasteiger partial charge on any atom is -0.497 e. The molecule has 156 valence electrons. The highest BCUT2D eigenvalue weighted by atomic mass is 32.2. The van der Waals surface area contributed by atoms with Crippen LogP contribution in [-0.4, -0.2) is 46.1 Å². The average Bonchev–Trinajstić information content (AvgIpc) is 2.67. The molecule has 1 fully saturated rings. The molecule has 1 aliphatic carbocycles. The van der Waals surface area contributed by atoms with Crippen LogP contribution in [0.15, 0.2) is 29.2 Å². The second-order valence-corrected chi connectivity index (χ2v) is 8.78. The number of hydrogen-bond acceptors (Lipinski definition) is 6. The van der Waals surface area contributed by atoms with E-state index in [0.29, 0.717) is 11.7 Å². The number of benzene rings is 1. The first-order chi connectivity index (χ1) is 13.2. The van der Waals surface area contributed by atoms with Crippen molar-refractivity contribution in [1.29, 1.82) is 0 Å². The van der Waals surface area contributed by atoms with Crippen molar-refractivity contribution in [2.45, 2.75) is 56.5 Å². The molecule has 0 aliphatic heterocycles. The van der Waals surface area contributed by atoms with Gasteiger partial charge in [0.15, 0.2) is 6.61 Å². The summed E-state index contributed by atoms with van der Waals surface area (Å²) in [4.78, 5) is 24.1. The number of nitrogens with one attached hydrogen (secondary N) is 2. The normalized spacial score (nSPS) is 20.8. The van der Waals surface area contributed by atoms with E-state index in [4.69, 9.17) is 9.47 Å². The summed E-state index contributed by atoms with van der Waals surface area (Å²) in [7, 11) is -2.43. The van der Waals surface area contributed by atoms with Crippen LogP contribution < -0.4 is 14.8 Å². The zero-order valence-electron chi connectivity index (χ0n) is 16.4. The fraction of sp³-hybridized carbons (Fsp3) is 0.579. The predicted octanol–water partition coefficient (Wildman–Crippen LogP) is 1.60. The number of rotatable bonds is 8. The number of ether oxygens (including phenoxy) is 2. The topological polar surface area (TPSA) is 111 Å². The number of sulfonamides is 1. The lowest BCUT2D eigenvalue weighted by Crippen LogP contribution is -2.44. The molecule has 1 aliphatic rings. The number of methoxy groups -OCH3 is 1. The van der Waals surface area contributed by atoms with Crippen LogP contribution in [0.2, 0.25) is 0 Å². The molecule has 2 N–H and O–H groups in total. The average molecular weight is 413 g/mol. The smallest absolute Gasteiger partial charge is 0.324 e. The maximum atomic E-state index is 12.3. The molecule has 1 amide bonds. The predicted molar refractivity (Wildman–Crippen MR) is 103 cm³/mol. The van der Waals surface area contributed by atoms with Crippen molar-refractivity contribution in [3.05, 3.63) is 24.3 Å². The summed E-state index contributed by atoms with van der Waals surface area (Å²) in [6, 6.07) is 4.72. The fourth-order valence-electron chi connectivity index (χ4n) is 3.14. The van der Waals surface area contributed by atoms with Crippen molar-refractivity contribution >= 4 is 21.9 Å². The standard InChI is InChI=1S/C19H28N2O6S/c1-13-6-4-5-7-17(13)20-18(22)12-27-19(23)14(2)21-28(24,25)16-10-8-15(26-3)9-11-16/h8-11,13-14,17,21H,4-7,12H2,1-3H3,(H,20,22)/t13-,14+,17+/m1/s1. The second-order valence-electron chi connectivity index (χ2n) is 7.06. The Balaban J connectivity index is 1.83. The lowest BCUT2D eigenvalue weighted by atomic mass is 9.86. The van der Waals surface area contributed by atoms with Crippen molar-refractivity contribution in [3.63, 3.8) is 0 Å². The summed E-state index contributed by atoms with van der Waals surface area (Å²) in [6.07, 6.45) is 4.21. The third-order valence-electron chi connectivity index (χ3n) is 4.86. The van der Waals surface area contributed by atoms with Gasteiger partial charge in [-0.05, 0) is 49.9 Å². The van der Waals surface area contributed by atoms with E-state index in [-0.39, 0.29) is 16.8 Å². The zero-order valence-corrected chi connectivity index (χ0v) is 17.3. The number of carbonyl (C=O) groups is 2. The minimum absolute atomic E-state index is 0.00280. The molecule has 28 heavy (non-hydrogen) atoms. The van der Waals surface area contributed by atoms with E-state index in [1.54, 1.807) is 0 Å². The van der Waals surface area contributed by atoms with Crippen LogP contribution in [0.25, 0.3) is 0 Å². The molecular weight excluding hydrogens is 384 g/mol. The van der Waals surface area contributed by atoms with Gasteiger partial charge in [0.2, 0.25) is 10.0 Å². The Labute approximate surface area is 166 Å². The molecule has 0 bridgehead atoms. The van der Waals surface area contributed by atoms with Gasteiger partial charge in [-0.25, -0.2) is 8.42 Å². The van der Waals surface area contributed by atoms with Crippen LogP contribution >= 0.6 is 0 Å². The molecule has 0 heterocycles. The van der Waals surface area contributed by atoms with E-state index in [1.807, 2.05) is 0 Å². The van der Waals surface area contributed by atoms with Crippen molar-refractivity contribution in [3.8, 4) is 5.75 Å². The molecule has 2 rings (SSSR count). The summed E-state index contributed by atoms with van der Waals surface area (Å²) >= 11 is 0. The summed E-state index contributed by atoms with van der Waals surface area (Å²) in [5, 5.41) is 2.88. The Morgan fingerprint density at radius 1 is 1.18 bits per heavy atom. The quantitative estimate of drug-likeness (QED) is 0.628. The van der Waals surface area contributed by atoms with Gasteiger partial charge in [-0.1, -0.05) is 19.8 Å². The van der Waals surface area contributed by atoms with Crippen molar-refractivity contribution in [2.24, 2.45) is 5.92 Å². The van der Waals surface area contributed by atoms with Gasteiger partial charge in [0.05, 0.1) is 12.0 Å². The monoisotopic (exact) mass is 412 g/mol. The van der Waals surface area contributed by atoms with Gasteiger partial charge in [0, 0.05) is 6.04 Å². The molecule has 1 aromatic carbocycles. The lowest BCUT2D eigenvalue weighted by Gasteiger charge is -2.29. The van der Waals surface area contributed by atoms with Gasteiger partial charge in [-0.2, -0.15) is 4.72 Å². The molecule has 1 aromatic rings. The highest BCUT2D eigenvalue weighted by Crippen LogP contribution is 2.23. The number of hydrogen-bond donors (Lipinski definition) is 2. The largest absolute Gasteiger partial charge is 0.497 e. The van der Waals surface area contributed by atoms with E-state index in [2.05, 4.69) is 17.0 Å². The Bertz CT molecular complexity index is 778.